The van der Waals surface area contributed by atoms with Crippen LogP contribution in [0.25, 0.3) is 0 Å². The van der Waals surface area contributed by atoms with Crippen LogP contribution in [-0.2, 0) is 6.54 Å². The van der Waals surface area contributed by atoms with E-state index in [1.165, 1.54) is 31.4 Å². The summed E-state index contributed by atoms with van der Waals surface area (Å²) in [4.78, 5) is 3.86. The summed E-state index contributed by atoms with van der Waals surface area (Å²) in [5, 5.41) is 5.91. The van der Waals surface area contributed by atoms with Gasteiger partial charge in [-0.15, -0.1) is 0 Å². The molecule has 1 aromatic heterocycles. The Morgan fingerprint density at radius 2 is 1.95 bits per heavy atom. The fourth-order valence-electron chi connectivity index (χ4n) is 1.82. The second-order valence-electron chi connectivity index (χ2n) is 4.36. The fraction of sp³-hybridized carbons (Fsp3) is 0.385. The van der Waals surface area contributed by atoms with E-state index in [0.717, 1.165) is 0 Å². The maximum Gasteiger partial charge on any atom is 0.407 e. The largest absolute Gasteiger partial charge is 0.497 e. The normalized spacial score (nSPS) is 13.2. The Labute approximate surface area is 119 Å². The molecule has 8 heteroatoms. The molecule has 0 aliphatic heterocycles. The van der Waals surface area contributed by atoms with Gasteiger partial charge in [-0.3, -0.25) is 5.32 Å². The number of methoxy groups -OCH3 is 1. The third kappa shape index (κ3) is 3.94. The standard InChI is InChI=1S/C13H14F3N3O2/c1-8-18-11(21-19-8)7-17-12(13(14,15)16)9-3-5-10(20-2)6-4-9/h3-6,12,17H,7H2,1-2H3. The van der Waals surface area contributed by atoms with Gasteiger partial charge in [-0.25, -0.2) is 0 Å². The van der Waals surface area contributed by atoms with E-state index in [9.17, 15) is 13.2 Å². The van der Waals surface area contributed by atoms with Crippen LogP contribution in [0.2, 0.25) is 0 Å². The van der Waals surface area contributed by atoms with E-state index in [0.29, 0.717) is 11.6 Å². The Balaban J connectivity index is 2.14. The van der Waals surface area contributed by atoms with Gasteiger partial charge in [0.2, 0.25) is 5.89 Å². The van der Waals surface area contributed by atoms with Crippen molar-refractivity contribution < 1.29 is 22.4 Å². The van der Waals surface area contributed by atoms with Crippen LogP contribution in [0, 0.1) is 6.92 Å². The Bertz CT molecular complexity index is 581. The lowest BCUT2D eigenvalue weighted by molar-refractivity contribution is -0.158. The first-order valence-corrected chi connectivity index (χ1v) is 6.13. The van der Waals surface area contributed by atoms with Crippen LogP contribution < -0.4 is 10.1 Å². The molecule has 2 rings (SSSR count). The quantitative estimate of drug-likeness (QED) is 0.920. The van der Waals surface area contributed by atoms with Crippen LogP contribution in [0.1, 0.15) is 23.3 Å². The third-order valence-electron chi connectivity index (χ3n) is 2.80. The SMILES string of the molecule is COc1ccc(C(NCc2nc(C)no2)C(F)(F)F)cc1. The molecule has 0 radical (unpaired) electrons. The molecule has 0 aliphatic carbocycles. The van der Waals surface area contributed by atoms with E-state index in [2.05, 4.69) is 15.5 Å². The minimum absolute atomic E-state index is 0.0829. The van der Waals surface area contributed by atoms with Crippen LogP contribution in [0.5, 0.6) is 5.75 Å². The van der Waals surface area contributed by atoms with Crippen molar-refractivity contribution in [3.05, 3.63) is 41.5 Å². The van der Waals surface area contributed by atoms with Gasteiger partial charge >= 0.3 is 6.18 Å². The molecule has 0 saturated carbocycles. The first kappa shape index (κ1) is 15.3. The van der Waals surface area contributed by atoms with E-state index in [4.69, 9.17) is 9.26 Å². The number of benzene rings is 1. The first-order valence-electron chi connectivity index (χ1n) is 6.13. The minimum atomic E-state index is -4.44. The van der Waals surface area contributed by atoms with Gasteiger partial charge < -0.3 is 9.26 Å². The Morgan fingerprint density at radius 1 is 1.29 bits per heavy atom. The lowest BCUT2D eigenvalue weighted by atomic mass is 10.1. The number of alkyl halides is 3. The molecule has 114 valence electrons. The minimum Gasteiger partial charge on any atom is -0.497 e. The molecule has 0 aliphatic rings. The van der Waals surface area contributed by atoms with E-state index in [1.807, 2.05) is 0 Å². The van der Waals surface area contributed by atoms with E-state index in [-0.39, 0.29) is 18.0 Å². The van der Waals surface area contributed by atoms with Crippen molar-refractivity contribution in [2.75, 3.05) is 7.11 Å². The molecule has 2 aromatic rings. The van der Waals surface area contributed by atoms with Crippen LogP contribution in [0.15, 0.2) is 28.8 Å². The number of hydrogen-bond acceptors (Lipinski definition) is 5. The zero-order valence-electron chi connectivity index (χ0n) is 11.4. The second-order valence-corrected chi connectivity index (χ2v) is 4.36. The predicted molar refractivity (Wildman–Crippen MR) is 67.7 cm³/mol. The first-order chi connectivity index (χ1) is 9.90. The van der Waals surface area contributed by atoms with Crippen molar-refractivity contribution >= 4 is 0 Å². The zero-order chi connectivity index (χ0) is 15.5. The fourth-order valence-corrected chi connectivity index (χ4v) is 1.82. The monoisotopic (exact) mass is 301 g/mol. The van der Waals surface area contributed by atoms with Gasteiger partial charge in [-0.2, -0.15) is 18.2 Å². The molecule has 0 saturated heterocycles. The highest BCUT2D eigenvalue weighted by Gasteiger charge is 2.40. The Hall–Kier alpha value is -2.09. The summed E-state index contributed by atoms with van der Waals surface area (Å²) >= 11 is 0. The number of halogens is 3. The highest BCUT2D eigenvalue weighted by Crippen LogP contribution is 2.33. The number of nitrogens with zero attached hydrogens (tertiary/aromatic N) is 2. The second kappa shape index (κ2) is 6.13. The van der Waals surface area contributed by atoms with E-state index >= 15 is 0 Å². The summed E-state index contributed by atoms with van der Waals surface area (Å²) < 4.78 is 49.1. The molecule has 1 unspecified atom stereocenters. The number of ether oxygens (including phenoxy) is 1. The van der Waals surface area contributed by atoms with Crippen molar-refractivity contribution in [2.45, 2.75) is 25.7 Å². The summed E-state index contributed by atoms with van der Waals surface area (Å²) in [6, 6.07) is 3.86. The van der Waals surface area contributed by atoms with Crippen molar-refractivity contribution in [1.29, 1.82) is 0 Å². The number of aromatic nitrogens is 2. The topological polar surface area (TPSA) is 60.2 Å². The van der Waals surface area contributed by atoms with Crippen LogP contribution >= 0.6 is 0 Å². The Morgan fingerprint density at radius 3 is 2.43 bits per heavy atom. The van der Waals surface area contributed by atoms with Crippen molar-refractivity contribution in [3.63, 3.8) is 0 Å². The maximum atomic E-state index is 13.1. The average Bonchev–Trinajstić information content (AvgIpc) is 2.84. The molecule has 21 heavy (non-hydrogen) atoms. The van der Waals surface area contributed by atoms with Crippen molar-refractivity contribution in [1.82, 2.24) is 15.5 Å². The molecule has 1 N–H and O–H groups in total. The highest BCUT2D eigenvalue weighted by atomic mass is 19.4. The van der Waals surface area contributed by atoms with Crippen molar-refractivity contribution in [2.24, 2.45) is 0 Å². The van der Waals surface area contributed by atoms with Crippen LogP contribution in [0.3, 0.4) is 0 Å². The van der Waals surface area contributed by atoms with Crippen LogP contribution in [-0.4, -0.2) is 23.4 Å². The number of nitrogens with one attached hydrogen (secondary N) is 1. The molecule has 1 heterocycles. The molecule has 0 amide bonds. The average molecular weight is 301 g/mol. The number of rotatable bonds is 5. The number of aryl methyl sites for hydroxylation is 1. The van der Waals surface area contributed by atoms with E-state index < -0.39 is 12.2 Å². The van der Waals surface area contributed by atoms with Crippen molar-refractivity contribution in [3.8, 4) is 5.75 Å². The molecule has 1 aromatic carbocycles. The smallest absolute Gasteiger partial charge is 0.407 e. The summed E-state index contributed by atoms with van der Waals surface area (Å²) in [5.74, 6) is 0.974. The predicted octanol–water partition coefficient (Wildman–Crippen LogP) is 2.78. The summed E-state index contributed by atoms with van der Waals surface area (Å²) in [6.45, 7) is 1.43. The lowest BCUT2D eigenvalue weighted by Crippen LogP contribution is -2.33. The molecule has 0 bridgehead atoms. The molecule has 0 spiro atoms. The maximum absolute atomic E-state index is 13.1. The van der Waals surface area contributed by atoms with Gasteiger partial charge in [0.15, 0.2) is 5.82 Å². The zero-order valence-corrected chi connectivity index (χ0v) is 11.4. The highest BCUT2D eigenvalue weighted by molar-refractivity contribution is 5.29. The molecule has 1 atom stereocenters. The van der Waals surface area contributed by atoms with Gasteiger partial charge in [0.1, 0.15) is 11.8 Å². The van der Waals surface area contributed by atoms with Gasteiger partial charge in [0.05, 0.1) is 13.7 Å². The summed E-state index contributed by atoms with van der Waals surface area (Å²) in [6.07, 6.45) is -4.44. The van der Waals surface area contributed by atoms with Gasteiger partial charge in [-0.05, 0) is 24.6 Å². The molecular weight excluding hydrogens is 287 g/mol. The number of hydrogen-bond donors (Lipinski definition) is 1. The van der Waals surface area contributed by atoms with Gasteiger partial charge in [-0.1, -0.05) is 17.3 Å². The molecular formula is C13H14F3N3O2. The third-order valence-corrected chi connectivity index (χ3v) is 2.80. The van der Waals surface area contributed by atoms with E-state index in [1.54, 1.807) is 6.92 Å². The summed E-state index contributed by atoms with van der Waals surface area (Å²) in [5.41, 5.74) is 0.0829. The molecule has 0 fully saturated rings. The Kier molecular flexibility index (Phi) is 4.46. The van der Waals surface area contributed by atoms with Gasteiger partial charge in [0.25, 0.3) is 0 Å². The summed E-state index contributed by atoms with van der Waals surface area (Å²) in [7, 11) is 1.45. The molecule has 5 nitrogen and oxygen atoms in total. The van der Waals surface area contributed by atoms with Gasteiger partial charge in [0, 0.05) is 0 Å². The lowest BCUT2D eigenvalue weighted by Gasteiger charge is -2.21. The van der Waals surface area contributed by atoms with Crippen LogP contribution in [0.4, 0.5) is 13.2 Å².